The van der Waals surface area contributed by atoms with Crippen molar-refractivity contribution in [3.63, 3.8) is 0 Å². The van der Waals surface area contributed by atoms with Crippen LogP contribution in [0.4, 0.5) is 0 Å². The van der Waals surface area contributed by atoms with E-state index in [0.29, 0.717) is 22.3 Å². The molecular formula is C38H36O4. The van der Waals surface area contributed by atoms with Crippen molar-refractivity contribution in [1.82, 2.24) is 0 Å². The van der Waals surface area contributed by atoms with E-state index in [1.807, 2.05) is 172 Å². The Labute approximate surface area is 247 Å². The Morgan fingerprint density at radius 2 is 0.643 bits per heavy atom. The average Bonchev–Trinajstić information content (AvgIpc) is 3.29. The monoisotopic (exact) mass is 556 g/mol. The van der Waals surface area contributed by atoms with Gasteiger partial charge in [0.1, 0.15) is 22.4 Å². The summed E-state index contributed by atoms with van der Waals surface area (Å²) in [6, 6.07) is 47.7. The number of hydrogen-bond acceptors (Lipinski definition) is 4. The number of ether oxygens (including phenoxy) is 2. The lowest BCUT2D eigenvalue weighted by molar-refractivity contribution is -0.216. The molecule has 5 aromatic carbocycles. The Hall–Kier alpha value is -4.06. The zero-order valence-corrected chi connectivity index (χ0v) is 24.1. The standard InChI is InChI=1S/C38H36O4/c1-34(29-19-9-4-10-20-29)41-35(2,37(39,30-21-11-5-12-22-30)31-23-13-6-14-24-31)36(3,42-34)38(40,32-25-15-7-16-26-32)33-27-17-8-18-28-33/h4-28,39-40H,1-3H3/t35-,36-/m1/s1. The molecule has 0 aliphatic carbocycles. The molecule has 1 aliphatic heterocycles. The van der Waals surface area contributed by atoms with Gasteiger partial charge in [-0.1, -0.05) is 152 Å². The van der Waals surface area contributed by atoms with E-state index in [-0.39, 0.29) is 0 Å². The van der Waals surface area contributed by atoms with E-state index in [2.05, 4.69) is 0 Å². The summed E-state index contributed by atoms with van der Waals surface area (Å²) in [7, 11) is 0. The van der Waals surface area contributed by atoms with E-state index in [1.54, 1.807) is 0 Å². The summed E-state index contributed by atoms with van der Waals surface area (Å²) in [4.78, 5) is 0. The Morgan fingerprint density at radius 3 is 0.905 bits per heavy atom. The molecule has 42 heavy (non-hydrogen) atoms. The maximum Gasteiger partial charge on any atom is 0.193 e. The van der Waals surface area contributed by atoms with Crippen molar-refractivity contribution >= 4 is 0 Å². The van der Waals surface area contributed by atoms with E-state index in [1.165, 1.54) is 0 Å². The van der Waals surface area contributed by atoms with E-state index in [4.69, 9.17) is 9.47 Å². The van der Waals surface area contributed by atoms with E-state index >= 15 is 0 Å². The van der Waals surface area contributed by atoms with E-state index in [0.717, 1.165) is 5.56 Å². The van der Waals surface area contributed by atoms with Gasteiger partial charge in [-0.15, -0.1) is 0 Å². The molecule has 212 valence electrons. The highest BCUT2D eigenvalue weighted by Crippen LogP contribution is 2.64. The summed E-state index contributed by atoms with van der Waals surface area (Å²) >= 11 is 0. The highest BCUT2D eigenvalue weighted by Gasteiger charge is 2.76. The van der Waals surface area contributed by atoms with Crippen LogP contribution in [-0.4, -0.2) is 21.4 Å². The van der Waals surface area contributed by atoms with Gasteiger partial charge in [0, 0.05) is 5.56 Å². The van der Waals surface area contributed by atoms with Crippen LogP contribution in [0.25, 0.3) is 0 Å². The van der Waals surface area contributed by atoms with Crippen molar-refractivity contribution < 1.29 is 19.7 Å². The molecule has 0 unspecified atom stereocenters. The van der Waals surface area contributed by atoms with Crippen LogP contribution in [0.1, 0.15) is 48.6 Å². The Bertz CT molecular complexity index is 1440. The molecule has 4 heteroatoms. The summed E-state index contributed by atoms with van der Waals surface area (Å²) in [5.41, 5.74) is -3.44. The topological polar surface area (TPSA) is 58.9 Å². The zero-order chi connectivity index (χ0) is 29.5. The third-order valence-corrected chi connectivity index (χ3v) is 9.15. The molecule has 2 atom stereocenters. The molecule has 0 spiro atoms. The molecule has 6 rings (SSSR count). The van der Waals surface area contributed by atoms with Crippen molar-refractivity contribution in [2.24, 2.45) is 0 Å². The highest BCUT2D eigenvalue weighted by molar-refractivity contribution is 5.49. The first-order chi connectivity index (χ1) is 20.2. The molecule has 4 nitrogen and oxygen atoms in total. The molecule has 0 amide bonds. The predicted molar refractivity (Wildman–Crippen MR) is 165 cm³/mol. The molecule has 0 aromatic heterocycles. The van der Waals surface area contributed by atoms with E-state index in [9.17, 15) is 10.2 Å². The first kappa shape index (κ1) is 28.1. The molecule has 5 aromatic rings. The number of hydrogen-bond donors (Lipinski definition) is 2. The summed E-state index contributed by atoms with van der Waals surface area (Å²) in [5.74, 6) is -1.33. The molecular weight excluding hydrogens is 520 g/mol. The SMILES string of the molecule is CC1(c2ccccc2)O[C@@](C)(C(O)(c2ccccc2)c2ccccc2)[C@](C)(C(O)(c2ccccc2)c2ccccc2)O1. The van der Waals surface area contributed by atoms with Crippen molar-refractivity contribution in [3.8, 4) is 0 Å². The third kappa shape index (κ3) is 3.98. The van der Waals surface area contributed by atoms with Crippen molar-refractivity contribution in [2.45, 2.75) is 49.0 Å². The number of aliphatic hydroxyl groups is 2. The fraction of sp³-hybridized carbons (Fsp3) is 0.211. The van der Waals surface area contributed by atoms with Gasteiger partial charge in [-0.05, 0) is 43.0 Å². The summed E-state index contributed by atoms with van der Waals surface area (Å²) in [6.07, 6.45) is 0. The first-order valence-electron chi connectivity index (χ1n) is 14.3. The summed E-state index contributed by atoms with van der Waals surface area (Å²) in [5, 5.41) is 26.7. The quantitative estimate of drug-likeness (QED) is 0.221. The minimum atomic E-state index is -1.77. The van der Waals surface area contributed by atoms with Crippen LogP contribution < -0.4 is 0 Å². The molecule has 0 radical (unpaired) electrons. The second kappa shape index (κ2) is 10.3. The van der Waals surface area contributed by atoms with Crippen LogP contribution in [0.5, 0.6) is 0 Å². The van der Waals surface area contributed by atoms with Crippen LogP contribution in [0.3, 0.4) is 0 Å². The molecule has 1 aliphatic rings. The average molecular weight is 557 g/mol. The van der Waals surface area contributed by atoms with Gasteiger partial charge in [-0.25, -0.2) is 0 Å². The minimum absolute atomic E-state index is 0.620. The smallest absolute Gasteiger partial charge is 0.193 e. The lowest BCUT2D eigenvalue weighted by Crippen LogP contribution is -2.69. The van der Waals surface area contributed by atoms with Crippen molar-refractivity contribution in [1.29, 1.82) is 0 Å². The number of benzene rings is 5. The Balaban J connectivity index is 1.72. The van der Waals surface area contributed by atoms with Crippen LogP contribution in [0, 0.1) is 0 Å². The molecule has 1 saturated heterocycles. The highest BCUT2D eigenvalue weighted by atomic mass is 16.8. The normalized spacial score (nSPS) is 22.1. The van der Waals surface area contributed by atoms with Crippen LogP contribution in [-0.2, 0) is 26.5 Å². The second-order valence-corrected chi connectivity index (χ2v) is 11.5. The molecule has 2 N–H and O–H groups in total. The minimum Gasteiger partial charge on any atom is -0.377 e. The van der Waals surface area contributed by atoms with Crippen LogP contribution >= 0.6 is 0 Å². The fourth-order valence-corrected chi connectivity index (χ4v) is 6.84. The molecule has 1 fully saturated rings. The summed E-state index contributed by atoms with van der Waals surface area (Å²) < 4.78 is 14.3. The third-order valence-electron chi connectivity index (χ3n) is 9.15. The maximum absolute atomic E-state index is 13.4. The van der Waals surface area contributed by atoms with Gasteiger partial charge in [0.25, 0.3) is 0 Å². The van der Waals surface area contributed by atoms with Gasteiger partial charge in [0.05, 0.1) is 0 Å². The Kier molecular flexibility index (Phi) is 6.91. The van der Waals surface area contributed by atoms with Gasteiger partial charge < -0.3 is 19.7 Å². The van der Waals surface area contributed by atoms with E-state index < -0.39 is 28.2 Å². The molecule has 1 heterocycles. The molecule has 0 bridgehead atoms. The number of rotatable bonds is 7. The van der Waals surface area contributed by atoms with Gasteiger partial charge >= 0.3 is 0 Å². The van der Waals surface area contributed by atoms with Crippen molar-refractivity contribution in [2.75, 3.05) is 0 Å². The Morgan fingerprint density at radius 1 is 0.405 bits per heavy atom. The first-order valence-corrected chi connectivity index (χ1v) is 14.3. The van der Waals surface area contributed by atoms with Crippen LogP contribution in [0.15, 0.2) is 152 Å². The fourth-order valence-electron chi connectivity index (χ4n) is 6.84. The van der Waals surface area contributed by atoms with Gasteiger partial charge in [-0.2, -0.15) is 0 Å². The van der Waals surface area contributed by atoms with Crippen LogP contribution in [0.2, 0.25) is 0 Å². The zero-order valence-electron chi connectivity index (χ0n) is 24.1. The largest absolute Gasteiger partial charge is 0.377 e. The molecule has 0 saturated carbocycles. The lowest BCUT2D eigenvalue weighted by atomic mass is 9.58. The summed E-state index contributed by atoms with van der Waals surface area (Å²) in [6.45, 7) is 5.58. The van der Waals surface area contributed by atoms with Gasteiger partial charge in [0.15, 0.2) is 5.79 Å². The van der Waals surface area contributed by atoms with Crippen molar-refractivity contribution in [3.05, 3.63) is 179 Å². The van der Waals surface area contributed by atoms with Gasteiger partial charge in [-0.3, -0.25) is 0 Å². The van der Waals surface area contributed by atoms with Gasteiger partial charge in [0.2, 0.25) is 0 Å². The lowest BCUT2D eigenvalue weighted by Gasteiger charge is -2.55. The predicted octanol–water partition coefficient (Wildman–Crippen LogP) is 7.30. The maximum atomic E-state index is 13.4. The second-order valence-electron chi connectivity index (χ2n) is 11.5.